The minimum Gasteiger partial charge on any atom is -0.332 e. The normalized spacial score (nSPS) is 13.3. The second-order valence-corrected chi connectivity index (χ2v) is 5.69. The van der Waals surface area contributed by atoms with E-state index in [1.807, 2.05) is 0 Å². The highest BCUT2D eigenvalue weighted by atomic mass is 35.6. The number of carbonyl (C=O) groups is 1. The van der Waals surface area contributed by atoms with Crippen molar-refractivity contribution in [2.45, 2.75) is 9.29 Å². The monoisotopic (exact) mass is 303 g/mol. The molecule has 1 amide bonds. The van der Waals surface area contributed by atoms with E-state index in [0.717, 1.165) is 12.1 Å². The standard InChI is InChI=1S/C9H6Cl4FNO/c10-8(9(11,12)13)15-7(16)5-1-3-6(14)4-2-5/h1-4,8H,(H,15,16)/t8-/m1/s1. The average Bonchev–Trinajstić information content (AvgIpc) is 2.17. The lowest BCUT2D eigenvalue weighted by Crippen LogP contribution is -2.39. The molecule has 1 rings (SSSR count). The molecule has 0 aliphatic rings. The summed E-state index contributed by atoms with van der Waals surface area (Å²) in [5.74, 6) is -0.994. The summed E-state index contributed by atoms with van der Waals surface area (Å²) in [5, 5.41) is 2.26. The second kappa shape index (κ2) is 5.41. The van der Waals surface area contributed by atoms with Crippen LogP contribution in [0.15, 0.2) is 24.3 Å². The van der Waals surface area contributed by atoms with Crippen LogP contribution in [0.25, 0.3) is 0 Å². The van der Waals surface area contributed by atoms with E-state index < -0.39 is 21.0 Å². The maximum absolute atomic E-state index is 12.6. The Labute approximate surface area is 112 Å². The minimum atomic E-state index is -1.81. The van der Waals surface area contributed by atoms with Gasteiger partial charge < -0.3 is 5.32 Å². The van der Waals surface area contributed by atoms with E-state index in [-0.39, 0.29) is 5.56 Å². The fraction of sp³-hybridized carbons (Fsp3) is 0.222. The van der Waals surface area contributed by atoms with Gasteiger partial charge in [-0.3, -0.25) is 4.79 Å². The Morgan fingerprint density at radius 3 is 2.19 bits per heavy atom. The van der Waals surface area contributed by atoms with Gasteiger partial charge in [-0.2, -0.15) is 0 Å². The third-order valence-electron chi connectivity index (χ3n) is 1.65. The van der Waals surface area contributed by atoms with Crippen molar-refractivity contribution in [3.63, 3.8) is 0 Å². The first-order valence-corrected chi connectivity index (χ1v) is 5.65. The molecule has 1 N–H and O–H groups in total. The third kappa shape index (κ3) is 3.98. The average molecular weight is 305 g/mol. The Morgan fingerprint density at radius 2 is 1.75 bits per heavy atom. The maximum atomic E-state index is 12.6. The molecule has 16 heavy (non-hydrogen) atoms. The molecule has 0 spiro atoms. The first-order chi connectivity index (χ1) is 7.30. The SMILES string of the molecule is O=C(N[C@@H](Cl)C(Cl)(Cl)Cl)c1ccc(F)cc1. The number of alkyl halides is 4. The summed E-state index contributed by atoms with van der Waals surface area (Å²) in [7, 11) is 0. The summed E-state index contributed by atoms with van der Waals surface area (Å²) in [4.78, 5) is 11.5. The van der Waals surface area contributed by atoms with Crippen molar-refractivity contribution < 1.29 is 9.18 Å². The Hall–Kier alpha value is -0.220. The number of carbonyl (C=O) groups excluding carboxylic acids is 1. The summed E-state index contributed by atoms with van der Waals surface area (Å²) >= 11 is 22.0. The third-order valence-corrected chi connectivity index (χ3v) is 3.08. The quantitative estimate of drug-likeness (QED) is 0.658. The van der Waals surface area contributed by atoms with Gasteiger partial charge in [0.25, 0.3) is 5.91 Å². The zero-order valence-electron chi connectivity index (χ0n) is 7.68. The van der Waals surface area contributed by atoms with Gasteiger partial charge in [0.2, 0.25) is 3.79 Å². The van der Waals surface area contributed by atoms with E-state index in [4.69, 9.17) is 46.4 Å². The van der Waals surface area contributed by atoms with E-state index in [1.54, 1.807) is 0 Å². The van der Waals surface area contributed by atoms with Gasteiger partial charge >= 0.3 is 0 Å². The molecule has 0 fully saturated rings. The van der Waals surface area contributed by atoms with Crippen LogP contribution in [-0.2, 0) is 0 Å². The summed E-state index contributed by atoms with van der Waals surface area (Å²) in [6, 6.07) is 4.89. The van der Waals surface area contributed by atoms with Crippen LogP contribution in [0.5, 0.6) is 0 Å². The van der Waals surface area contributed by atoms with Crippen LogP contribution < -0.4 is 5.32 Å². The summed E-state index contributed by atoms with van der Waals surface area (Å²) < 4.78 is 10.8. The largest absolute Gasteiger partial charge is 0.332 e. The molecule has 7 heteroatoms. The predicted molar refractivity (Wildman–Crippen MR) is 63.8 cm³/mol. The van der Waals surface area contributed by atoms with Gasteiger partial charge in [-0.05, 0) is 24.3 Å². The lowest BCUT2D eigenvalue weighted by Gasteiger charge is -2.19. The van der Waals surface area contributed by atoms with Gasteiger partial charge in [-0.15, -0.1) is 0 Å². The molecule has 0 radical (unpaired) electrons. The number of hydrogen-bond donors (Lipinski definition) is 1. The molecular formula is C9H6Cl4FNO. The molecule has 0 bridgehead atoms. The number of nitrogens with one attached hydrogen (secondary N) is 1. The van der Waals surface area contributed by atoms with Crippen molar-refractivity contribution in [3.05, 3.63) is 35.6 Å². The van der Waals surface area contributed by atoms with Crippen molar-refractivity contribution in [1.82, 2.24) is 5.32 Å². The Morgan fingerprint density at radius 1 is 1.25 bits per heavy atom. The van der Waals surface area contributed by atoms with Crippen LogP contribution in [0.3, 0.4) is 0 Å². The van der Waals surface area contributed by atoms with E-state index in [0.29, 0.717) is 0 Å². The molecule has 2 nitrogen and oxygen atoms in total. The molecule has 1 aromatic carbocycles. The number of hydrogen-bond acceptors (Lipinski definition) is 1. The fourth-order valence-electron chi connectivity index (χ4n) is 0.882. The number of rotatable bonds is 2. The summed E-state index contributed by atoms with van der Waals surface area (Å²) in [5.41, 5.74) is -0.948. The van der Waals surface area contributed by atoms with E-state index in [1.165, 1.54) is 12.1 Å². The van der Waals surface area contributed by atoms with E-state index in [9.17, 15) is 9.18 Å². The lowest BCUT2D eigenvalue weighted by atomic mass is 10.2. The molecule has 0 saturated heterocycles. The zero-order chi connectivity index (χ0) is 12.3. The van der Waals surface area contributed by atoms with Gasteiger partial charge in [0.05, 0.1) is 0 Å². The Balaban J connectivity index is 2.70. The highest BCUT2D eigenvalue weighted by Crippen LogP contribution is 2.32. The van der Waals surface area contributed by atoms with Crippen molar-refractivity contribution in [1.29, 1.82) is 0 Å². The van der Waals surface area contributed by atoms with Crippen LogP contribution in [-0.4, -0.2) is 15.2 Å². The molecule has 1 atom stereocenters. The van der Waals surface area contributed by atoms with Crippen LogP contribution >= 0.6 is 46.4 Å². The Bertz CT molecular complexity index is 376. The highest BCUT2D eigenvalue weighted by Gasteiger charge is 2.32. The molecule has 0 saturated carbocycles. The topological polar surface area (TPSA) is 29.1 Å². The van der Waals surface area contributed by atoms with Gasteiger partial charge in [0.15, 0.2) is 5.50 Å². The maximum Gasteiger partial charge on any atom is 0.252 e. The fourth-order valence-corrected chi connectivity index (χ4v) is 1.14. The van der Waals surface area contributed by atoms with Gasteiger partial charge in [0, 0.05) is 5.56 Å². The van der Waals surface area contributed by atoms with E-state index >= 15 is 0 Å². The van der Waals surface area contributed by atoms with Gasteiger partial charge in [-0.1, -0.05) is 46.4 Å². The summed E-state index contributed by atoms with van der Waals surface area (Å²) in [6.45, 7) is 0. The van der Waals surface area contributed by atoms with Crippen molar-refractivity contribution >= 4 is 52.3 Å². The minimum absolute atomic E-state index is 0.223. The zero-order valence-corrected chi connectivity index (χ0v) is 10.7. The second-order valence-electron chi connectivity index (χ2n) is 2.88. The summed E-state index contributed by atoms with van der Waals surface area (Å²) in [6.07, 6.45) is 0. The van der Waals surface area contributed by atoms with Crippen molar-refractivity contribution in [2.75, 3.05) is 0 Å². The number of amides is 1. The molecule has 0 aromatic heterocycles. The number of benzene rings is 1. The van der Waals surface area contributed by atoms with Crippen LogP contribution in [0.1, 0.15) is 10.4 Å². The van der Waals surface area contributed by atoms with Gasteiger partial charge in [0.1, 0.15) is 5.82 Å². The molecule has 88 valence electrons. The molecule has 0 heterocycles. The first-order valence-electron chi connectivity index (χ1n) is 4.08. The van der Waals surface area contributed by atoms with Crippen molar-refractivity contribution in [2.24, 2.45) is 0 Å². The van der Waals surface area contributed by atoms with Crippen LogP contribution in [0, 0.1) is 5.82 Å². The van der Waals surface area contributed by atoms with Crippen LogP contribution in [0.4, 0.5) is 4.39 Å². The lowest BCUT2D eigenvalue weighted by molar-refractivity contribution is 0.0949. The van der Waals surface area contributed by atoms with E-state index in [2.05, 4.69) is 5.32 Å². The predicted octanol–water partition coefficient (Wildman–Crippen LogP) is 3.49. The molecular weight excluding hydrogens is 299 g/mol. The Kier molecular flexibility index (Phi) is 4.68. The van der Waals surface area contributed by atoms with Crippen LogP contribution in [0.2, 0.25) is 0 Å². The smallest absolute Gasteiger partial charge is 0.252 e. The number of halogens is 5. The molecule has 0 aliphatic carbocycles. The molecule has 1 aromatic rings. The molecule has 0 aliphatic heterocycles. The first kappa shape index (κ1) is 13.8. The highest BCUT2D eigenvalue weighted by molar-refractivity contribution is 6.70. The van der Waals surface area contributed by atoms with Gasteiger partial charge in [-0.25, -0.2) is 4.39 Å². The van der Waals surface area contributed by atoms with Crippen molar-refractivity contribution in [3.8, 4) is 0 Å². The molecule has 0 unspecified atom stereocenters.